The topological polar surface area (TPSA) is 85.1 Å². The number of benzene rings is 1. The maximum absolute atomic E-state index is 13.3. The molecule has 4 aromatic rings. The van der Waals surface area contributed by atoms with Crippen molar-refractivity contribution < 1.29 is 18.0 Å². The SMILES string of the molecule is Cc1nccc(C(=O)Nc2cnn3ccc(-c4ccccc4C(F)(F)F)nc23)n1. The van der Waals surface area contributed by atoms with E-state index in [1.807, 2.05) is 0 Å². The van der Waals surface area contributed by atoms with Gasteiger partial charge in [-0.2, -0.15) is 18.3 Å². The molecule has 1 N–H and O–H groups in total. The van der Waals surface area contributed by atoms with Crippen LogP contribution in [0.1, 0.15) is 21.9 Å². The van der Waals surface area contributed by atoms with Crippen molar-refractivity contribution in [2.24, 2.45) is 0 Å². The summed E-state index contributed by atoms with van der Waals surface area (Å²) in [5.74, 6) is -0.0741. The van der Waals surface area contributed by atoms with Gasteiger partial charge in [0.25, 0.3) is 5.91 Å². The first-order valence-electron chi connectivity index (χ1n) is 8.45. The number of fused-ring (bicyclic) bond motifs is 1. The summed E-state index contributed by atoms with van der Waals surface area (Å²) in [6.07, 6.45) is -0.215. The van der Waals surface area contributed by atoms with Crippen LogP contribution in [0, 0.1) is 6.92 Å². The van der Waals surface area contributed by atoms with E-state index in [9.17, 15) is 18.0 Å². The van der Waals surface area contributed by atoms with E-state index >= 15 is 0 Å². The predicted octanol–water partition coefficient (Wildman–Crippen LogP) is 3.77. The molecule has 4 rings (SSSR count). The number of aryl methyl sites for hydroxylation is 1. The fraction of sp³-hybridized carbons (Fsp3) is 0.105. The molecule has 29 heavy (non-hydrogen) atoms. The van der Waals surface area contributed by atoms with Crippen LogP contribution in [0.2, 0.25) is 0 Å². The largest absolute Gasteiger partial charge is 0.417 e. The Balaban J connectivity index is 1.74. The first-order chi connectivity index (χ1) is 13.8. The Morgan fingerprint density at radius 1 is 1.10 bits per heavy atom. The maximum Gasteiger partial charge on any atom is 0.417 e. The second kappa shape index (κ2) is 6.97. The first kappa shape index (κ1) is 18.5. The van der Waals surface area contributed by atoms with Crippen LogP contribution in [-0.2, 0) is 6.18 Å². The number of hydrogen-bond donors (Lipinski definition) is 1. The molecule has 1 aromatic carbocycles. The number of rotatable bonds is 3. The molecule has 0 aliphatic heterocycles. The third-order valence-corrected chi connectivity index (χ3v) is 4.13. The molecule has 0 saturated carbocycles. The van der Waals surface area contributed by atoms with Crippen molar-refractivity contribution >= 4 is 17.2 Å². The molecule has 0 fully saturated rings. The number of nitrogens with zero attached hydrogens (tertiary/aromatic N) is 5. The van der Waals surface area contributed by atoms with E-state index in [0.29, 0.717) is 5.82 Å². The van der Waals surface area contributed by atoms with Gasteiger partial charge in [0.15, 0.2) is 5.65 Å². The minimum atomic E-state index is -4.52. The van der Waals surface area contributed by atoms with E-state index in [0.717, 1.165) is 6.07 Å². The number of aromatic nitrogens is 5. The molecule has 0 atom stereocenters. The Bertz CT molecular complexity index is 1220. The highest BCUT2D eigenvalue weighted by Crippen LogP contribution is 2.36. The average molecular weight is 398 g/mol. The van der Waals surface area contributed by atoms with Crippen LogP contribution in [0.25, 0.3) is 16.9 Å². The number of amides is 1. The minimum Gasteiger partial charge on any atom is -0.316 e. The van der Waals surface area contributed by atoms with Gasteiger partial charge in [-0.25, -0.2) is 19.5 Å². The lowest BCUT2D eigenvalue weighted by Gasteiger charge is -2.12. The van der Waals surface area contributed by atoms with Gasteiger partial charge in [-0.05, 0) is 25.1 Å². The number of hydrogen-bond acceptors (Lipinski definition) is 5. The van der Waals surface area contributed by atoms with Gasteiger partial charge >= 0.3 is 6.18 Å². The molecule has 0 saturated heterocycles. The van der Waals surface area contributed by atoms with Crippen LogP contribution in [0.5, 0.6) is 0 Å². The standard InChI is InChI=1S/C19H13F3N6O/c1-11-23-8-6-15(25-11)18(29)27-16-10-24-28-9-7-14(26-17(16)28)12-4-2-3-5-13(12)19(20,21)22/h2-10H,1H3,(H,27,29). The number of anilines is 1. The van der Waals surface area contributed by atoms with E-state index in [-0.39, 0.29) is 28.3 Å². The van der Waals surface area contributed by atoms with Crippen molar-refractivity contribution in [1.82, 2.24) is 24.6 Å². The summed E-state index contributed by atoms with van der Waals surface area (Å²) in [5, 5.41) is 6.71. The number of carbonyl (C=O) groups is 1. The van der Waals surface area contributed by atoms with Crippen LogP contribution in [0.15, 0.2) is 55.0 Å². The van der Waals surface area contributed by atoms with E-state index in [4.69, 9.17) is 0 Å². The smallest absolute Gasteiger partial charge is 0.316 e. The molecule has 3 aromatic heterocycles. The molecule has 3 heterocycles. The van der Waals surface area contributed by atoms with Gasteiger partial charge in [0.05, 0.1) is 17.5 Å². The molecule has 0 bridgehead atoms. The number of alkyl halides is 3. The van der Waals surface area contributed by atoms with Gasteiger partial charge in [0, 0.05) is 18.0 Å². The molecular weight excluding hydrogens is 385 g/mol. The fourth-order valence-electron chi connectivity index (χ4n) is 2.83. The van der Waals surface area contributed by atoms with Crippen molar-refractivity contribution in [2.45, 2.75) is 13.1 Å². The van der Waals surface area contributed by atoms with Crippen LogP contribution in [0.4, 0.5) is 18.9 Å². The first-order valence-corrected chi connectivity index (χ1v) is 8.45. The third-order valence-electron chi connectivity index (χ3n) is 4.13. The monoisotopic (exact) mass is 398 g/mol. The van der Waals surface area contributed by atoms with Crippen LogP contribution < -0.4 is 5.32 Å². The Morgan fingerprint density at radius 2 is 1.90 bits per heavy atom. The molecule has 0 radical (unpaired) electrons. The van der Waals surface area contributed by atoms with E-state index in [1.165, 1.54) is 53.4 Å². The molecule has 0 aliphatic rings. The van der Waals surface area contributed by atoms with Crippen LogP contribution in [0.3, 0.4) is 0 Å². The van der Waals surface area contributed by atoms with E-state index in [1.54, 1.807) is 6.92 Å². The molecule has 1 amide bonds. The summed E-state index contributed by atoms with van der Waals surface area (Å²) in [4.78, 5) is 24.7. The van der Waals surface area contributed by atoms with Crippen LogP contribution in [-0.4, -0.2) is 30.5 Å². The number of nitrogens with one attached hydrogen (secondary N) is 1. The normalized spacial score (nSPS) is 11.6. The van der Waals surface area contributed by atoms with Crippen molar-refractivity contribution in [3.63, 3.8) is 0 Å². The fourth-order valence-corrected chi connectivity index (χ4v) is 2.83. The number of halogens is 3. The Kier molecular flexibility index (Phi) is 4.45. The lowest BCUT2D eigenvalue weighted by atomic mass is 10.0. The maximum atomic E-state index is 13.3. The summed E-state index contributed by atoms with van der Waals surface area (Å²) in [7, 11) is 0. The third kappa shape index (κ3) is 3.64. The van der Waals surface area contributed by atoms with Crippen molar-refractivity contribution in [2.75, 3.05) is 5.32 Å². The predicted molar refractivity (Wildman–Crippen MR) is 98.1 cm³/mol. The highest BCUT2D eigenvalue weighted by Gasteiger charge is 2.33. The second-order valence-corrected chi connectivity index (χ2v) is 6.13. The van der Waals surface area contributed by atoms with Crippen molar-refractivity contribution in [1.29, 1.82) is 0 Å². The van der Waals surface area contributed by atoms with Gasteiger partial charge in [-0.15, -0.1) is 0 Å². The summed E-state index contributed by atoms with van der Waals surface area (Å²) < 4.78 is 41.4. The Labute approximate surface area is 162 Å². The molecule has 0 spiro atoms. The zero-order chi connectivity index (χ0) is 20.6. The molecular formula is C19H13F3N6O. The molecule has 146 valence electrons. The van der Waals surface area contributed by atoms with Gasteiger partial charge in [0.1, 0.15) is 17.2 Å². The quantitative estimate of drug-likeness (QED) is 0.568. The molecule has 7 nitrogen and oxygen atoms in total. The van der Waals surface area contributed by atoms with Gasteiger partial charge in [-0.3, -0.25) is 4.79 Å². The minimum absolute atomic E-state index is 0.0626. The lowest BCUT2D eigenvalue weighted by molar-refractivity contribution is -0.137. The van der Waals surface area contributed by atoms with Crippen molar-refractivity contribution in [3.8, 4) is 11.3 Å². The zero-order valence-corrected chi connectivity index (χ0v) is 15.0. The van der Waals surface area contributed by atoms with E-state index < -0.39 is 17.6 Å². The summed E-state index contributed by atoms with van der Waals surface area (Å²) in [6.45, 7) is 1.65. The lowest BCUT2D eigenvalue weighted by Crippen LogP contribution is -2.14. The second-order valence-electron chi connectivity index (χ2n) is 6.13. The van der Waals surface area contributed by atoms with Gasteiger partial charge < -0.3 is 5.32 Å². The number of carbonyl (C=O) groups excluding carboxylic acids is 1. The summed E-state index contributed by atoms with van der Waals surface area (Å²) in [6, 6.07) is 8.06. The summed E-state index contributed by atoms with van der Waals surface area (Å²) in [5.41, 5.74) is -0.142. The highest BCUT2D eigenvalue weighted by molar-refractivity contribution is 6.04. The van der Waals surface area contributed by atoms with Gasteiger partial charge in [-0.1, -0.05) is 18.2 Å². The Hall–Kier alpha value is -3.82. The molecule has 0 unspecified atom stereocenters. The van der Waals surface area contributed by atoms with E-state index in [2.05, 4.69) is 25.4 Å². The molecule has 0 aliphatic carbocycles. The average Bonchev–Trinajstić information content (AvgIpc) is 3.09. The van der Waals surface area contributed by atoms with Gasteiger partial charge in [0.2, 0.25) is 0 Å². The highest BCUT2D eigenvalue weighted by atomic mass is 19.4. The van der Waals surface area contributed by atoms with Crippen LogP contribution >= 0.6 is 0 Å². The summed E-state index contributed by atoms with van der Waals surface area (Å²) >= 11 is 0. The molecule has 10 heteroatoms. The Morgan fingerprint density at radius 3 is 2.66 bits per heavy atom. The zero-order valence-electron chi connectivity index (χ0n) is 15.0. The van der Waals surface area contributed by atoms with Crippen molar-refractivity contribution in [3.05, 3.63) is 72.1 Å².